The van der Waals surface area contributed by atoms with Crippen LogP contribution in [-0.2, 0) is 11.4 Å². The van der Waals surface area contributed by atoms with Crippen LogP contribution in [0, 0.1) is 25.2 Å². The molecule has 1 aliphatic heterocycles. The van der Waals surface area contributed by atoms with E-state index in [2.05, 4.69) is 34.1 Å². The summed E-state index contributed by atoms with van der Waals surface area (Å²) in [5.41, 5.74) is 13.4. The average Bonchev–Trinajstić information content (AvgIpc) is 2.94. The highest BCUT2D eigenvalue weighted by molar-refractivity contribution is 9.10. The fourth-order valence-corrected chi connectivity index (χ4v) is 6.01. The molecule has 198 valence electrons. The molecule has 1 unspecified atom stereocenters. The van der Waals surface area contributed by atoms with Gasteiger partial charge in [-0.1, -0.05) is 29.8 Å². The van der Waals surface area contributed by atoms with Crippen molar-refractivity contribution in [2.45, 2.75) is 45.6 Å². The molecule has 6 nitrogen and oxygen atoms in total. The van der Waals surface area contributed by atoms with Crippen molar-refractivity contribution in [2.24, 2.45) is 5.73 Å². The number of halogens is 1. The molecule has 0 radical (unpaired) electrons. The Labute approximate surface area is 237 Å². The molecule has 1 atom stereocenters. The summed E-state index contributed by atoms with van der Waals surface area (Å²) < 4.78 is 12.2. The molecule has 0 saturated heterocycles. The van der Waals surface area contributed by atoms with Crippen LogP contribution in [-0.4, -0.2) is 12.9 Å². The number of nitriles is 1. The SMILES string of the molecule is COc1ccc(OCc2cc(C)cc(C3C(C#N)=C(N)N(c4ccccc4Br)C4=C3C(=O)CCC4)c2C)cc1. The summed E-state index contributed by atoms with van der Waals surface area (Å²) in [5.74, 6) is 1.39. The highest BCUT2D eigenvalue weighted by atomic mass is 79.9. The Balaban J connectivity index is 1.61. The van der Waals surface area contributed by atoms with Crippen LogP contribution in [0.25, 0.3) is 0 Å². The number of rotatable bonds is 6. The summed E-state index contributed by atoms with van der Waals surface area (Å²) in [6.07, 6.45) is 1.90. The van der Waals surface area contributed by atoms with Crippen molar-refractivity contribution in [3.63, 3.8) is 0 Å². The van der Waals surface area contributed by atoms with Crippen LogP contribution in [0.4, 0.5) is 5.69 Å². The zero-order chi connectivity index (χ0) is 27.7. The molecule has 0 spiro atoms. The Hall–Kier alpha value is -4.02. The van der Waals surface area contributed by atoms with Gasteiger partial charge in [0.2, 0.25) is 0 Å². The van der Waals surface area contributed by atoms with Crippen LogP contribution in [0.5, 0.6) is 11.5 Å². The molecule has 3 aromatic rings. The van der Waals surface area contributed by atoms with Gasteiger partial charge < -0.3 is 15.2 Å². The number of aryl methyl sites for hydroxylation is 1. The van der Waals surface area contributed by atoms with Gasteiger partial charge in [0.1, 0.15) is 23.9 Å². The Bertz CT molecular complexity index is 1550. The van der Waals surface area contributed by atoms with Crippen molar-refractivity contribution in [1.29, 1.82) is 5.26 Å². The third-order valence-electron chi connectivity index (χ3n) is 7.47. The molecule has 0 aromatic heterocycles. The largest absolute Gasteiger partial charge is 0.497 e. The van der Waals surface area contributed by atoms with Gasteiger partial charge in [0.15, 0.2) is 5.78 Å². The molecule has 0 saturated carbocycles. The third kappa shape index (κ3) is 4.93. The van der Waals surface area contributed by atoms with E-state index in [9.17, 15) is 10.1 Å². The Kier molecular flexibility index (Phi) is 7.49. The lowest BCUT2D eigenvalue weighted by Crippen LogP contribution is -2.39. The van der Waals surface area contributed by atoms with Crippen molar-refractivity contribution in [3.05, 3.63) is 110 Å². The number of anilines is 1. The van der Waals surface area contributed by atoms with Gasteiger partial charge in [-0.2, -0.15) is 5.26 Å². The normalized spacial score (nSPS) is 17.2. The van der Waals surface area contributed by atoms with Crippen molar-refractivity contribution in [1.82, 2.24) is 0 Å². The number of ketones is 1. The summed E-state index contributed by atoms with van der Waals surface area (Å²) >= 11 is 3.64. The number of hydrogen-bond donors (Lipinski definition) is 1. The second-order valence-electron chi connectivity index (χ2n) is 9.87. The quantitative estimate of drug-likeness (QED) is 0.337. The van der Waals surface area contributed by atoms with Crippen LogP contribution in [0.3, 0.4) is 0 Å². The molecule has 1 heterocycles. The minimum absolute atomic E-state index is 0.0653. The summed E-state index contributed by atoms with van der Waals surface area (Å²) in [6.45, 7) is 4.40. The number of ether oxygens (including phenoxy) is 2. The summed E-state index contributed by atoms with van der Waals surface area (Å²) in [4.78, 5) is 15.5. The zero-order valence-corrected chi connectivity index (χ0v) is 23.8. The number of benzene rings is 3. The van der Waals surface area contributed by atoms with Gasteiger partial charge in [0.25, 0.3) is 0 Å². The average molecular weight is 585 g/mol. The van der Waals surface area contributed by atoms with Crippen LogP contribution >= 0.6 is 15.9 Å². The summed E-state index contributed by atoms with van der Waals surface area (Å²) in [6, 6.07) is 21.7. The predicted octanol–water partition coefficient (Wildman–Crippen LogP) is 6.96. The van der Waals surface area contributed by atoms with Gasteiger partial charge in [-0.15, -0.1) is 0 Å². The van der Waals surface area contributed by atoms with E-state index in [-0.39, 0.29) is 5.78 Å². The van der Waals surface area contributed by atoms with Crippen molar-refractivity contribution < 1.29 is 14.3 Å². The van der Waals surface area contributed by atoms with Crippen LogP contribution in [0.15, 0.2) is 87.8 Å². The maximum absolute atomic E-state index is 13.6. The molecular weight excluding hydrogens is 554 g/mol. The maximum atomic E-state index is 13.6. The molecule has 1 aliphatic carbocycles. The van der Waals surface area contributed by atoms with E-state index < -0.39 is 5.92 Å². The fraction of sp³-hybridized carbons (Fsp3) is 0.250. The van der Waals surface area contributed by atoms with E-state index >= 15 is 0 Å². The Morgan fingerprint density at radius 1 is 1.08 bits per heavy atom. The molecule has 3 aromatic carbocycles. The first-order valence-electron chi connectivity index (χ1n) is 12.9. The number of methoxy groups -OCH3 is 1. The zero-order valence-electron chi connectivity index (χ0n) is 22.3. The van der Waals surface area contributed by atoms with Crippen LogP contribution in [0.2, 0.25) is 0 Å². The molecule has 0 amide bonds. The van der Waals surface area contributed by atoms with Gasteiger partial charge in [-0.25, -0.2) is 0 Å². The molecule has 0 fully saturated rings. The fourth-order valence-electron chi connectivity index (χ4n) is 5.55. The number of carbonyl (C=O) groups excluding carboxylic acids is 1. The van der Waals surface area contributed by atoms with E-state index in [0.717, 1.165) is 56.0 Å². The summed E-state index contributed by atoms with van der Waals surface area (Å²) in [7, 11) is 1.63. The number of para-hydroxylation sites is 1. The van der Waals surface area contributed by atoms with Gasteiger partial charge in [-0.05, 0) is 95.7 Å². The first-order valence-corrected chi connectivity index (χ1v) is 13.7. The van der Waals surface area contributed by atoms with Crippen molar-refractivity contribution in [2.75, 3.05) is 12.0 Å². The van der Waals surface area contributed by atoms with E-state index in [1.807, 2.05) is 67.3 Å². The minimum Gasteiger partial charge on any atom is -0.497 e. The number of nitrogens with two attached hydrogens (primary N) is 1. The molecule has 7 heteroatoms. The standard InChI is InChI=1S/C32H30BrN3O3/c1-19-15-21(18-39-23-13-11-22(38-3)12-14-23)20(2)24(16-19)30-25(17-34)32(35)36(27-8-5-4-7-26(27)33)28-9-6-10-29(37)31(28)30/h4-5,7-8,11-16,30H,6,9-10,18,35H2,1-3H3. The van der Waals surface area contributed by atoms with E-state index in [4.69, 9.17) is 15.2 Å². The Morgan fingerprint density at radius 2 is 1.79 bits per heavy atom. The van der Waals surface area contributed by atoms with Crippen molar-refractivity contribution >= 4 is 27.4 Å². The number of allylic oxidation sites excluding steroid dienone is 3. The molecule has 5 rings (SSSR count). The van der Waals surface area contributed by atoms with Gasteiger partial charge in [-0.3, -0.25) is 9.69 Å². The summed E-state index contributed by atoms with van der Waals surface area (Å²) in [5, 5.41) is 10.4. The van der Waals surface area contributed by atoms with E-state index in [1.165, 1.54) is 0 Å². The lowest BCUT2D eigenvalue weighted by Gasteiger charge is -2.40. The highest BCUT2D eigenvalue weighted by Crippen LogP contribution is 2.48. The van der Waals surface area contributed by atoms with E-state index in [0.29, 0.717) is 36.4 Å². The lowest BCUT2D eigenvalue weighted by atomic mass is 9.73. The number of Topliss-reactive ketones (excluding diaryl/α,β-unsaturated/α-hetero) is 1. The van der Waals surface area contributed by atoms with Gasteiger partial charge in [0, 0.05) is 22.2 Å². The van der Waals surface area contributed by atoms with Gasteiger partial charge in [0.05, 0.1) is 30.4 Å². The predicted molar refractivity (Wildman–Crippen MR) is 155 cm³/mol. The molecular formula is C32H30BrN3O3. The van der Waals surface area contributed by atoms with Crippen molar-refractivity contribution in [3.8, 4) is 17.6 Å². The second kappa shape index (κ2) is 11.0. The first-order chi connectivity index (χ1) is 18.8. The molecule has 2 N–H and O–H groups in total. The monoisotopic (exact) mass is 583 g/mol. The van der Waals surface area contributed by atoms with Crippen LogP contribution in [0.1, 0.15) is 47.4 Å². The second-order valence-corrected chi connectivity index (χ2v) is 10.7. The minimum atomic E-state index is -0.531. The highest BCUT2D eigenvalue weighted by Gasteiger charge is 2.41. The smallest absolute Gasteiger partial charge is 0.161 e. The molecule has 39 heavy (non-hydrogen) atoms. The Morgan fingerprint density at radius 3 is 2.49 bits per heavy atom. The first kappa shape index (κ1) is 26.6. The van der Waals surface area contributed by atoms with E-state index in [1.54, 1.807) is 7.11 Å². The third-order valence-corrected chi connectivity index (χ3v) is 8.14. The topological polar surface area (TPSA) is 88.6 Å². The number of carbonyl (C=O) groups is 1. The number of hydrogen-bond acceptors (Lipinski definition) is 6. The van der Waals surface area contributed by atoms with Gasteiger partial charge >= 0.3 is 0 Å². The van der Waals surface area contributed by atoms with Crippen LogP contribution < -0.4 is 20.1 Å². The number of nitrogens with zero attached hydrogens (tertiary/aromatic N) is 2. The molecule has 0 bridgehead atoms. The lowest BCUT2D eigenvalue weighted by molar-refractivity contribution is -0.116. The molecule has 2 aliphatic rings. The maximum Gasteiger partial charge on any atom is 0.161 e.